The highest BCUT2D eigenvalue weighted by Gasteiger charge is 2.42. The molecule has 1 aromatic carbocycles. The molecule has 5 nitrogen and oxygen atoms in total. The first-order valence-corrected chi connectivity index (χ1v) is 7.11. The standard InChI is InChI=1S/C16H19FO5/c1-16(2)21-14(18)11(15(19)22-16)8-4-6-10-7-5-9-12(20-3)13(10)17/h5,7,9,11H,4,6,8H2,1-3H3. The van der Waals surface area contributed by atoms with E-state index in [1.165, 1.54) is 27.0 Å². The van der Waals surface area contributed by atoms with Gasteiger partial charge in [-0.3, -0.25) is 9.59 Å². The summed E-state index contributed by atoms with van der Waals surface area (Å²) in [6.45, 7) is 3.01. The van der Waals surface area contributed by atoms with E-state index in [0.29, 0.717) is 18.4 Å². The fourth-order valence-electron chi connectivity index (χ4n) is 2.38. The number of carbonyl (C=O) groups excluding carboxylic acids is 2. The van der Waals surface area contributed by atoms with Crippen molar-refractivity contribution in [1.29, 1.82) is 0 Å². The van der Waals surface area contributed by atoms with Gasteiger partial charge in [-0.2, -0.15) is 0 Å². The Labute approximate surface area is 128 Å². The van der Waals surface area contributed by atoms with Gasteiger partial charge in [0.15, 0.2) is 17.5 Å². The Balaban J connectivity index is 1.94. The summed E-state index contributed by atoms with van der Waals surface area (Å²) >= 11 is 0. The molecule has 0 unspecified atom stereocenters. The number of halogens is 1. The van der Waals surface area contributed by atoms with Crippen LogP contribution in [0.15, 0.2) is 18.2 Å². The molecule has 0 aliphatic carbocycles. The monoisotopic (exact) mass is 310 g/mol. The van der Waals surface area contributed by atoms with Crippen LogP contribution in [0, 0.1) is 11.7 Å². The summed E-state index contributed by atoms with van der Waals surface area (Å²) in [5, 5.41) is 0. The number of esters is 2. The van der Waals surface area contributed by atoms with Gasteiger partial charge in [0.05, 0.1) is 7.11 Å². The van der Waals surface area contributed by atoms with Gasteiger partial charge in [0.1, 0.15) is 0 Å². The van der Waals surface area contributed by atoms with Crippen molar-refractivity contribution in [1.82, 2.24) is 0 Å². The summed E-state index contributed by atoms with van der Waals surface area (Å²) in [6.07, 6.45) is 1.10. The van der Waals surface area contributed by atoms with Gasteiger partial charge >= 0.3 is 11.9 Å². The molecular formula is C16H19FO5. The SMILES string of the molecule is COc1cccc(CCCC2C(=O)OC(C)(C)OC2=O)c1F. The molecule has 0 spiro atoms. The van der Waals surface area contributed by atoms with E-state index in [1.807, 2.05) is 0 Å². The lowest BCUT2D eigenvalue weighted by atomic mass is 9.98. The molecule has 0 saturated carbocycles. The van der Waals surface area contributed by atoms with Gasteiger partial charge in [0, 0.05) is 13.8 Å². The second kappa shape index (κ2) is 6.34. The Morgan fingerprint density at radius 1 is 1.23 bits per heavy atom. The Hall–Kier alpha value is -2.11. The predicted molar refractivity (Wildman–Crippen MR) is 75.6 cm³/mol. The smallest absolute Gasteiger partial charge is 0.323 e. The fraction of sp³-hybridized carbons (Fsp3) is 0.500. The van der Waals surface area contributed by atoms with Gasteiger partial charge < -0.3 is 14.2 Å². The maximum absolute atomic E-state index is 14.0. The summed E-state index contributed by atoms with van der Waals surface area (Å²) in [6, 6.07) is 4.89. The van der Waals surface area contributed by atoms with E-state index in [9.17, 15) is 14.0 Å². The number of carbonyl (C=O) groups is 2. The molecule has 0 radical (unpaired) electrons. The van der Waals surface area contributed by atoms with Crippen LogP contribution in [-0.2, 0) is 25.5 Å². The van der Waals surface area contributed by atoms with Crippen molar-refractivity contribution >= 4 is 11.9 Å². The van der Waals surface area contributed by atoms with E-state index in [2.05, 4.69) is 0 Å². The molecule has 0 atom stereocenters. The molecule has 0 bridgehead atoms. The van der Waals surface area contributed by atoms with Crippen LogP contribution in [-0.4, -0.2) is 24.8 Å². The molecule has 6 heteroatoms. The van der Waals surface area contributed by atoms with Crippen LogP contribution in [0.5, 0.6) is 5.75 Å². The van der Waals surface area contributed by atoms with Crippen LogP contribution in [0.3, 0.4) is 0 Å². The maximum atomic E-state index is 14.0. The Kier molecular flexibility index (Phi) is 4.68. The molecule has 1 heterocycles. The third kappa shape index (κ3) is 3.55. The minimum Gasteiger partial charge on any atom is -0.494 e. The van der Waals surface area contributed by atoms with Crippen LogP contribution < -0.4 is 4.74 Å². The highest BCUT2D eigenvalue weighted by atomic mass is 19.1. The van der Waals surface area contributed by atoms with Gasteiger partial charge in [0.2, 0.25) is 0 Å². The molecule has 1 aromatic rings. The number of cyclic esters (lactones) is 2. The van der Waals surface area contributed by atoms with E-state index in [4.69, 9.17) is 14.2 Å². The zero-order valence-electron chi connectivity index (χ0n) is 12.8. The Bertz CT molecular complexity index is 562. The van der Waals surface area contributed by atoms with Gasteiger partial charge in [-0.1, -0.05) is 12.1 Å². The maximum Gasteiger partial charge on any atom is 0.323 e. The Morgan fingerprint density at radius 2 is 1.86 bits per heavy atom. The van der Waals surface area contributed by atoms with Crippen molar-refractivity contribution in [2.24, 2.45) is 5.92 Å². The number of ether oxygens (including phenoxy) is 3. The molecule has 0 amide bonds. The van der Waals surface area contributed by atoms with E-state index in [0.717, 1.165) is 0 Å². The molecule has 0 aromatic heterocycles. The number of hydrogen-bond acceptors (Lipinski definition) is 5. The highest BCUT2D eigenvalue weighted by molar-refractivity contribution is 5.96. The molecule has 1 saturated heterocycles. The molecule has 2 rings (SSSR count). The molecular weight excluding hydrogens is 291 g/mol. The van der Waals surface area contributed by atoms with Crippen molar-refractivity contribution in [3.05, 3.63) is 29.6 Å². The van der Waals surface area contributed by atoms with E-state index in [-0.39, 0.29) is 12.2 Å². The first-order valence-electron chi connectivity index (χ1n) is 7.11. The van der Waals surface area contributed by atoms with Crippen molar-refractivity contribution < 1.29 is 28.2 Å². The molecule has 1 fully saturated rings. The first kappa shape index (κ1) is 16.3. The highest BCUT2D eigenvalue weighted by Crippen LogP contribution is 2.27. The third-order valence-electron chi connectivity index (χ3n) is 3.46. The first-order chi connectivity index (χ1) is 10.3. The number of aryl methyl sites for hydroxylation is 1. The van der Waals surface area contributed by atoms with E-state index >= 15 is 0 Å². The van der Waals surface area contributed by atoms with Gasteiger partial charge in [-0.15, -0.1) is 0 Å². The van der Waals surface area contributed by atoms with Crippen LogP contribution in [0.2, 0.25) is 0 Å². The second-order valence-corrected chi connectivity index (χ2v) is 5.62. The topological polar surface area (TPSA) is 61.8 Å². The quantitative estimate of drug-likeness (QED) is 0.618. The summed E-state index contributed by atoms with van der Waals surface area (Å²) in [5.41, 5.74) is 0.484. The van der Waals surface area contributed by atoms with Crippen LogP contribution in [0.25, 0.3) is 0 Å². The molecule has 22 heavy (non-hydrogen) atoms. The number of benzene rings is 1. The summed E-state index contributed by atoms with van der Waals surface area (Å²) in [5.74, 6) is -3.58. The summed E-state index contributed by atoms with van der Waals surface area (Å²) < 4.78 is 29.0. The van der Waals surface area contributed by atoms with E-state index in [1.54, 1.807) is 12.1 Å². The van der Waals surface area contributed by atoms with Crippen LogP contribution in [0.4, 0.5) is 4.39 Å². The number of hydrogen-bond donors (Lipinski definition) is 0. The number of rotatable bonds is 5. The van der Waals surface area contributed by atoms with Crippen LogP contribution >= 0.6 is 0 Å². The van der Waals surface area contributed by atoms with Gasteiger partial charge in [0.25, 0.3) is 5.79 Å². The average Bonchev–Trinajstić information content (AvgIpc) is 2.42. The molecule has 120 valence electrons. The normalized spacial score (nSPS) is 17.8. The minimum atomic E-state index is -1.22. The average molecular weight is 310 g/mol. The summed E-state index contributed by atoms with van der Waals surface area (Å²) in [4.78, 5) is 23.6. The zero-order chi connectivity index (χ0) is 16.3. The lowest BCUT2D eigenvalue weighted by Crippen LogP contribution is -2.46. The minimum absolute atomic E-state index is 0.177. The summed E-state index contributed by atoms with van der Waals surface area (Å²) in [7, 11) is 1.40. The Morgan fingerprint density at radius 3 is 2.45 bits per heavy atom. The molecule has 1 aliphatic rings. The van der Waals surface area contributed by atoms with Crippen LogP contribution in [0.1, 0.15) is 32.3 Å². The van der Waals surface area contributed by atoms with Crippen molar-refractivity contribution in [2.75, 3.05) is 7.11 Å². The van der Waals surface area contributed by atoms with Crippen molar-refractivity contribution in [3.63, 3.8) is 0 Å². The van der Waals surface area contributed by atoms with Gasteiger partial charge in [-0.25, -0.2) is 4.39 Å². The second-order valence-electron chi connectivity index (χ2n) is 5.62. The van der Waals surface area contributed by atoms with Crippen molar-refractivity contribution in [2.45, 2.75) is 38.9 Å². The number of methoxy groups -OCH3 is 1. The predicted octanol–water partition coefficient (Wildman–Crippen LogP) is 2.61. The molecule has 0 N–H and O–H groups in total. The largest absolute Gasteiger partial charge is 0.494 e. The lowest BCUT2D eigenvalue weighted by Gasteiger charge is -2.32. The fourth-order valence-corrected chi connectivity index (χ4v) is 2.38. The van der Waals surface area contributed by atoms with Gasteiger partial charge in [-0.05, 0) is 30.9 Å². The third-order valence-corrected chi connectivity index (χ3v) is 3.46. The molecule has 1 aliphatic heterocycles. The zero-order valence-corrected chi connectivity index (χ0v) is 12.8. The van der Waals surface area contributed by atoms with E-state index < -0.39 is 29.5 Å². The van der Waals surface area contributed by atoms with Crippen molar-refractivity contribution in [3.8, 4) is 5.75 Å². The lowest BCUT2D eigenvalue weighted by molar-refractivity contribution is -0.240.